The lowest BCUT2D eigenvalue weighted by Gasteiger charge is -2.41. The molecule has 0 unspecified atom stereocenters. The second-order valence-electron chi connectivity index (χ2n) is 5.18. The van der Waals surface area contributed by atoms with Gasteiger partial charge in [-0.1, -0.05) is 18.2 Å². The molecular formula is C15H19F2NO3. The average molecular weight is 299 g/mol. The lowest BCUT2D eigenvalue weighted by atomic mass is 9.75. The van der Waals surface area contributed by atoms with Crippen LogP contribution in [-0.4, -0.2) is 29.1 Å². The molecule has 1 aliphatic carbocycles. The van der Waals surface area contributed by atoms with Crippen molar-refractivity contribution < 1.29 is 23.4 Å². The van der Waals surface area contributed by atoms with E-state index in [-0.39, 0.29) is 19.4 Å². The lowest BCUT2D eigenvalue weighted by molar-refractivity contribution is -0.216. The average Bonchev–Trinajstić information content (AvgIpc) is 2.43. The van der Waals surface area contributed by atoms with E-state index < -0.39 is 17.4 Å². The van der Waals surface area contributed by atoms with Gasteiger partial charge in [-0.2, -0.15) is 8.78 Å². The molecule has 2 N–H and O–H groups in total. The van der Waals surface area contributed by atoms with Gasteiger partial charge in [0.25, 0.3) is 5.91 Å². The molecule has 2 rings (SSSR count). The minimum Gasteiger partial charge on any atom is -0.494 e. The van der Waals surface area contributed by atoms with E-state index in [4.69, 9.17) is 4.74 Å². The highest BCUT2D eigenvalue weighted by molar-refractivity contribution is 5.85. The predicted molar refractivity (Wildman–Crippen MR) is 73.2 cm³/mol. The van der Waals surface area contributed by atoms with E-state index in [1.165, 1.54) is 0 Å². The Labute approximate surface area is 122 Å². The van der Waals surface area contributed by atoms with Crippen molar-refractivity contribution in [1.82, 2.24) is 5.32 Å². The zero-order valence-electron chi connectivity index (χ0n) is 11.9. The highest BCUT2D eigenvalue weighted by atomic mass is 19.3. The normalized spacial score (nSPS) is 17.0. The Morgan fingerprint density at radius 1 is 1.43 bits per heavy atom. The van der Waals surface area contributed by atoms with Gasteiger partial charge in [-0.3, -0.25) is 4.79 Å². The molecule has 0 aliphatic heterocycles. The van der Waals surface area contributed by atoms with Gasteiger partial charge in [0.15, 0.2) is 0 Å². The van der Waals surface area contributed by atoms with Crippen molar-refractivity contribution in [2.24, 2.45) is 0 Å². The van der Waals surface area contributed by atoms with Gasteiger partial charge in [-0.05, 0) is 32.3 Å². The maximum atomic E-state index is 13.9. The number of halogens is 2. The molecule has 6 heteroatoms. The third-order valence-electron chi connectivity index (χ3n) is 3.76. The molecule has 1 amide bonds. The summed E-state index contributed by atoms with van der Waals surface area (Å²) in [6.07, 6.45) is 0.401. The van der Waals surface area contributed by atoms with Crippen LogP contribution >= 0.6 is 0 Å². The van der Waals surface area contributed by atoms with Gasteiger partial charge >= 0.3 is 5.92 Å². The number of rotatable bonds is 6. The van der Waals surface area contributed by atoms with E-state index in [9.17, 15) is 18.7 Å². The summed E-state index contributed by atoms with van der Waals surface area (Å²) in [5, 5.41) is 11.9. The zero-order valence-corrected chi connectivity index (χ0v) is 11.9. The van der Waals surface area contributed by atoms with Gasteiger partial charge < -0.3 is 15.2 Å². The molecule has 0 aromatic heterocycles. The molecule has 0 saturated heterocycles. The molecule has 1 fully saturated rings. The molecule has 0 atom stereocenters. The number of carbonyl (C=O) groups excluding carboxylic acids is 1. The van der Waals surface area contributed by atoms with Crippen molar-refractivity contribution in [2.45, 2.75) is 44.3 Å². The standard InChI is InChI=1S/C15H19F2NO3/c1-2-21-12-7-4-3-6-11(12)10-18-13(19)15(16,17)14(20)8-5-9-14/h3-4,6-7,20H,2,5,8-10H2,1H3,(H,18,19). The monoisotopic (exact) mass is 299 g/mol. The number of para-hydroxylation sites is 1. The predicted octanol–water partition coefficient (Wildman–Crippen LogP) is 2.25. The van der Waals surface area contributed by atoms with Gasteiger partial charge in [0.1, 0.15) is 11.4 Å². The summed E-state index contributed by atoms with van der Waals surface area (Å²) < 4.78 is 33.2. The molecular weight excluding hydrogens is 280 g/mol. The number of alkyl halides is 2. The van der Waals surface area contributed by atoms with E-state index >= 15 is 0 Å². The van der Waals surface area contributed by atoms with Crippen LogP contribution in [0, 0.1) is 0 Å². The van der Waals surface area contributed by atoms with Crippen LogP contribution in [0.15, 0.2) is 24.3 Å². The van der Waals surface area contributed by atoms with E-state index in [2.05, 4.69) is 5.32 Å². The van der Waals surface area contributed by atoms with Crippen LogP contribution in [0.1, 0.15) is 31.7 Å². The summed E-state index contributed by atoms with van der Waals surface area (Å²) in [5.74, 6) is -4.67. The van der Waals surface area contributed by atoms with Crippen molar-refractivity contribution in [3.8, 4) is 5.75 Å². The first-order valence-corrected chi connectivity index (χ1v) is 7.00. The van der Waals surface area contributed by atoms with Crippen LogP contribution in [0.25, 0.3) is 0 Å². The van der Waals surface area contributed by atoms with Gasteiger partial charge in [-0.25, -0.2) is 0 Å². The number of hydrogen-bond donors (Lipinski definition) is 2. The summed E-state index contributed by atoms with van der Waals surface area (Å²) in [6.45, 7) is 2.19. The molecule has 1 aromatic rings. The Morgan fingerprint density at radius 2 is 2.10 bits per heavy atom. The number of hydrogen-bond acceptors (Lipinski definition) is 3. The number of nitrogens with one attached hydrogen (secondary N) is 1. The summed E-state index contributed by atoms with van der Waals surface area (Å²) >= 11 is 0. The summed E-state index contributed by atoms with van der Waals surface area (Å²) in [6, 6.07) is 6.91. The van der Waals surface area contributed by atoms with Crippen molar-refractivity contribution in [3.63, 3.8) is 0 Å². The Balaban J connectivity index is 2.01. The van der Waals surface area contributed by atoms with Gasteiger partial charge in [0.2, 0.25) is 0 Å². The number of benzene rings is 1. The highest BCUT2D eigenvalue weighted by Gasteiger charge is 2.61. The second kappa shape index (κ2) is 5.97. The molecule has 1 saturated carbocycles. The van der Waals surface area contributed by atoms with E-state index in [0.717, 1.165) is 0 Å². The maximum absolute atomic E-state index is 13.9. The third kappa shape index (κ3) is 3.00. The second-order valence-corrected chi connectivity index (χ2v) is 5.18. The Hall–Kier alpha value is -1.69. The maximum Gasteiger partial charge on any atom is 0.352 e. The Morgan fingerprint density at radius 3 is 2.67 bits per heavy atom. The first kappa shape index (κ1) is 15.7. The molecule has 0 bridgehead atoms. The lowest BCUT2D eigenvalue weighted by Crippen LogP contribution is -2.60. The number of amides is 1. The Bertz CT molecular complexity index is 515. The number of aliphatic hydroxyl groups is 1. The molecule has 1 aromatic carbocycles. The smallest absolute Gasteiger partial charge is 0.352 e. The van der Waals surface area contributed by atoms with Crippen LogP contribution in [0.4, 0.5) is 8.78 Å². The molecule has 0 heterocycles. The zero-order chi connectivity index (χ0) is 15.5. The van der Waals surface area contributed by atoms with Crippen molar-refractivity contribution in [3.05, 3.63) is 29.8 Å². The molecule has 0 spiro atoms. The van der Waals surface area contributed by atoms with Gasteiger partial charge in [0.05, 0.1) is 6.61 Å². The quantitative estimate of drug-likeness (QED) is 0.847. The molecule has 116 valence electrons. The molecule has 21 heavy (non-hydrogen) atoms. The Kier molecular flexibility index (Phi) is 4.46. The van der Waals surface area contributed by atoms with Crippen LogP contribution in [-0.2, 0) is 11.3 Å². The van der Waals surface area contributed by atoms with Crippen molar-refractivity contribution in [1.29, 1.82) is 0 Å². The summed E-state index contributed by atoms with van der Waals surface area (Å²) in [4.78, 5) is 11.7. The van der Waals surface area contributed by atoms with E-state index in [1.54, 1.807) is 24.3 Å². The SMILES string of the molecule is CCOc1ccccc1CNC(=O)C(F)(F)C1(O)CCC1. The molecule has 0 radical (unpaired) electrons. The first-order valence-electron chi connectivity index (χ1n) is 7.00. The fourth-order valence-corrected chi connectivity index (χ4v) is 2.27. The van der Waals surface area contributed by atoms with Crippen LogP contribution in [0.2, 0.25) is 0 Å². The van der Waals surface area contributed by atoms with E-state index in [1.807, 2.05) is 6.92 Å². The largest absolute Gasteiger partial charge is 0.494 e. The first-order chi connectivity index (χ1) is 9.90. The topological polar surface area (TPSA) is 58.6 Å². The highest BCUT2D eigenvalue weighted by Crippen LogP contribution is 2.44. The van der Waals surface area contributed by atoms with E-state index in [0.29, 0.717) is 24.3 Å². The van der Waals surface area contributed by atoms with Gasteiger partial charge in [0, 0.05) is 12.1 Å². The minimum atomic E-state index is -3.77. The third-order valence-corrected chi connectivity index (χ3v) is 3.76. The fourth-order valence-electron chi connectivity index (χ4n) is 2.27. The number of ether oxygens (including phenoxy) is 1. The van der Waals surface area contributed by atoms with Crippen molar-refractivity contribution in [2.75, 3.05) is 6.61 Å². The van der Waals surface area contributed by atoms with Crippen LogP contribution < -0.4 is 10.1 Å². The minimum absolute atomic E-state index is 0.0526. The van der Waals surface area contributed by atoms with Crippen LogP contribution in [0.5, 0.6) is 5.75 Å². The molecule has 4 nitrogen and oxygen atoms in total. The molecule has 1 aliphatic rings. The van der Waals surface area contributed by atoms with Crippen LogP contribution in [0.3, 0.4) is 0 Å². The fraction of sp³-hybridized carbons (Fsp3) is 0.533. The van der Waals surface area contributed by atoms with Gasteiger partial charge in [-0.15, -0.1) is 0 Å². The summed E-state index contributed by atoms with van der Waals surface area (Å²) in [5.41, 5.74) is -1.58. The number of carbonyl (C=O) groups is 1. The summed E-state index contributed by atoms with van der Waals surface area (Å²) in [7, 11) is 0. The van der Waals surface area contributed by atoms with Crippen molar-refractivity contribution >= 4 is 5.91 Å².